The van der Waals surface area contributed by atoms with Crippen molar-refractivity contribution in [3.8, 4) is 0 Å². The van der Waals surface area contributed by atoms with E-state index in [0.29, 0.717) is 18.4 Å². The zero-order chi connectivity index (χ0) is 14.8. The second-order valence-corrected chi connectivity index (χ2v) is 5.86. The van der Waals surface area contributed by atoms with E-state index >= 15 is 0 Å². The molecular formula is C18H21NO2. The van der Waals surface area contributed by atoms with Crippen LogP contribution in [0.2, 0.25) is 0 Å². The fourth-order valence-electron chi connectivity index (χ4n) is 3.01. The maximum absolute atomic E-state index is 11.4. The maximum atomic E-state index is 11.4. The average molecular weight is 283 g/mol. The van der Waals surface area contributed by atoms with Crippen LogP contribution in [0, 0.1) is 11.8 Å². The van der Waals surface area contributed by atoms with Crippen molar-refractivity contribution in [2.45, 2.75) is 19.3 Å². The second kappa shape index (κ2) is 5.76. The molecular weight excluding hydrogens is 262 g/mol. The van der Waals surface area contributed by atoms with Crippen LogP contribution < -0.4 is 5.32 Å². The SMILES string of the molecule is CNC(=O)OCC1/C(C)=C/C2CC2/C=C/c2ccccc21. The minimum atomic E-state index is -0.375. The average Bonchev–Trinajstić information content (AvgIpc) is 3.23. The molecule has 3 nitrogen and oxygen atoms in total. The van der Waals surface area contributed by atoms with Gasteiger partial charge in [0.2, 0.25) is 0 Å². The molecule has 1 fully saturated rings. The number of rotatable bonds is 2. The molecule has 3 atom stereocenters. The number of ether oxygens (including phenoxy) is 1. The number of hydrogen-bond donors (Lipinski definition) is 1. The first-order valence-electron chi connectivity index (χ1n) is 7.49. The lowest BCUT2D eigenvalue weighted by Crippen LogP contribution is -2.22. The van der Waals surface area contributed by atoms with Gasteiger partial charge in [0.25, 0.3) is 0 Å². The van der Waals surface area contributed by atoms with Gasteiger partial charge in [-0.1, -0.05) is 48.1 Å². The molecule has 110 valence electrons. The predicted molar refractivity (Wildman–Crippen MR) is 84.0 cm³/mol. The van der Waals surface area contributed by atoms with Crippen molar-refractivity contribution in [2.75, 3.05) is 13.7 Å². The van der Waals surface area contributed by atoms with Crippen LogP contribution in [0.4, 0.5) is 4.79 Å². The third kappa shape index (κ3) is 3.02. The number of amides is 1. The van der Waals surface area contributed by atoms with Crippen molar-refractivity contribution in [3.05, 3.63) is 53.1 Å². The van der Waals surface area contributed by atoms with E-state index in [9.17, 15) is 4.79 Å². The third-order valence-corrected chi connectivity index (χ3v) is 4.40. The molecule has 0 bridgehead atoms. The van der Waals surface area contributed by atoms with Gasteiger partial charge in [0, 0.05) is 13.0 Å². The Labute approximate surface area is 125 Å². The van der Waals surface area contributed by atoms with Crippen LogP contribution in [0.15, 0.2) is 42.0 Å². The standard InChI is InChI=1S/C18H21NO2/c1-12-9-15-10-14(15)8-7-13-5-3-4-6-16(13)17(12)11-21-18(20)19-2/h3-9,14-15,17H,10-11H2,1-2H3,(H,19,20)/b8-7+,12-9+. The topological polar surface area (TPSA) is 38.3 Å². The Bertz CT molecular complexity index is 603. The quantitative estimate of drug-likeness (QED) is 0.840. The van der Waals surface area contributed by atoms with Gasteiger partial charge < -0.3 is 10.1 Å². The fourth-order valence-corrected chi connectivity index (χ4v) is 3.01. The summed E-state index contributed by atoms with van der Waals surface area (Å²) in [6.45, 7) is 2.53. The molecule has 1 saturated carbocycles. The smallest absolute Gasteiger partial charge is 0.406 e. The number of hydrogen-bond acceptors (Lipinski definition) is 2. The van der Waals surface area contributed by atoms with Crippen molar-refractivity contribution < 1.29 is 9.53 Å². The van der Waals surface area contributed by atoms with Crippen LogP contribution in [0.3, 0.4) is 0 Å². The molecule has 3 heteroatoms. The summed E-state index contributed by atoms with van der Waals surface area (Å²) in [6, 6.07) is 8.37. The third-order valence-electron chi connectivity index (χ3n) is 4.40. The van der Waals surface area contributed by atoms with Gasteiger partial charge in [-0.05, 0) is 36.3 Å². The zero-order valence-corrected chi connectivity index (χ0v) is 12.5. The highest BCUT2D eigenvalue weighted by Gasteiger charge is 2.34. The highest BCUT2D eigenvalue weighted by atomic mass is 16.5. The molecule has 1 aromatic carbocycles. The van der Waals surface area contributed by atoms with E-state index in [1.54, 1.807) is 7.05 Å². The van der Waals surface area contributed by atoms with Gasteiger partial charge in [0.15, 0.2) is 0 Å². The summed E-state index contributed by atoms with van der Waals surface area (Å²) in [5, 5.41) is 2.51. The second-order valence-electron chi connectivity index (χ2n) is 5.86. The molecule has 0 aromatic heterocycles. The highest BCUT2D eigenvalue weighted by Crippen LogP contribution is 2.44. The number of fused-ring (bicyclic) bond motifs is 2. The first-order valence-corrected chi connectivity index (χ1v) is 7.49. The molecule has 21 heavy (non-hydrogen) atoms. The van der Waals surface area contributed by atoms with E-state index in [-0.39, 0.29) is 12.0 Å². The Balaban J connectivity index is 1.94. The molecule has 0 saturated heterocycles. The summed E-state index contributed by atoms with van der Waals surface area (Å²) in [6.07, 6.45) is 7.75. The van der Waals surface area contributed by atoms with Gasteiger partial charge >= 0.3 is 6.09 Å². The first kappa shape index (κ1) is 13.9. The molecule has 3 rings (SSSR count). The van der Waals surface area contributed by atoms with Crippen molar-refractivity contribution in [1.82, 2.24) is 5.32 Å². The fraction of sp³-hybridized carbons (Fsp3) is 0.389. The highest BCUT2D eigenvalue weighted by molar-refractivity contribution is 5.67. The number of carbonyl (C=O) groups is 1. The monoisotopic (exact) mass is 283 g/mol. The van der Waals surface area contributed by atoms with E-state index in [0.717, 1.165) is 0 Å². The van der Waals surface area contributed by atoms with Crippen molar-refractivity contribution in [3.63, 3.8) is 0 Å². The number of carbonyl (C=O) groups excluding carboxylic acids is 1. The number of alkyl carbamates (subject to hydrolysis) is 1. The molecule has 0 spiro atoms. The van der Waals surface area contributed by atoms with Gasteiger partial charge in [-0.15, -0.1) is 0 Å². The Morgan fingerprint density at radius 3 is 2.95 bits per heavy atom. The molecule has 1 amide bonds. The van der Waals surface area contributed by atoms with Crippen molar-refractivity contribution in [1.29, 1.82) is 0 Å². The Morgan fingerprint density at radius 2 is 2.14 bits per heavy atom. The van der Waals surface area contributed by atoms with E-state index in [1.807, 2.05) is 6.07 Å². The van der Waals surface area contributed by atoms with Crippen LogP contribution in [0.5, 0.6) is 0 Å². The number of allylic oxidation sites excluding steroid dienone is 2. The lowest BCUT2D eigenvalue weighted by molar-refractivity contribution is 0.144. The van der Waals surface area contributed by atoms with Gasteiger partial charge in [-0.2, -0.15) is 0 Å². The van der Waals surface area contributed by atoms with Crippen molar-refractivity contribution in [2.24, 2.45) is 11.8 Å². The lowest BCUT2D eigenvalue weighted by Gasteiger charge is -2.20. The van der Waals surface area contributed by atoms with E-state index in [1.165, 1.54) is 23.1 Å². The molecule has 1 aromatic rings. The minimum absolute atomic E-state index is 0.127. The maximum Gasteiger partial charge on any atom is 0.406 e. The van der Waals surface area contributed by atoms with E-state index in [2.05, 4.69) is 48.7 Å². The van der Waals surface area contributed by atoms with Crippen LogP contribution in [0.25, 0.3) is 6.08 Å². The van der Waals surface area contributed by atoms with Crippen LogP contribution in [-0.2, 0) is 4.74 Å². The molecule has 0 heterocycles. The summed E-state index contributed by atoms with van der Waals surface area (Å²) in [4.78, 5) is 11.4. The lowest BCUT2D eigenvalue weighted by atomic mass is 9.88. The normalized spacial score (nSPS) is 30.4. The van der Waals surface area contributed by atoms with E-state index < -0.39 is 0 Å². The predicted octanol–water partition coefficient (Wildman–Crippen LogP) is 3.74. The number of nitrogens with one attached hydrogen (secondary N) is 1. The van der Waals surface area contributed by atoms with Gasteiger partial charge in [0.1, 0.15) is 6.61 Å². The zero-order valence-electron chi connectivity index (χ0n) is 12.5. The summed E-state index contributed by atoms with van der Waals surface area (Å²) >= 11 is 0. The van der Waals surface area contributed by atoms with Gasteiger partial charge in [-0.25, -0.2) is 4.79 Å². The Kier molecular flexibility index (Phi) is 3.82. The first-order chi connectivity index (χ1) is 10.2. The number of benzene rings is 1. The molecule has 1 N–H and O–H groups in total. The summed E-state index contributed by atoms with van der Waals surface area (Å²) in [7, 11) is 1.58. The summed E-state index contributed by atoms with van der Waals surface area (Å²) < 4.78 is 5.33. The summed E-state index contributed by atoms with van der Waals surface area (Å²) in [5.41, 5.74) is 3.75. The molecule has 2 aliphatic rings. The Hall–Kier alpha value is -2.03. The van der Waals surface area contributed by atoms with E-state index in [4.69, 9.17) is 4.74 Å². The van der Waals surface area contributed by atoms with Crippen LogP contribution in [-0.4, -0.2) is 19.7 Å². The van der Waals surface area contributed by atoms with Gasteiger partial charge in [-0.3, -0.25) is 0 Å². The molecule has 0 aliphatic heterocycles. The largest absolute Gasteiger partial charge is 0.449 e. The van der Waals surface area contributed by atoms with Crippen LogP contribution >= 0.6 is 0 Å². The van der Waals surface area contributed by atoms with Gasteiger partial charge in [0.05, 0.1) is 0 Å². The molecule has 2 aliphatic carbocycles. The minimum Gasteiger partial charge on any atom is -0.449 e. The Morgan fingerprint density at radius 1 is 1.33 bits per heavy atom. The van der Waals surface area contributed by atoms with Crippen LogP contribution in [0.1, 0.15) is 30.4 Å². The van der Waals surface area contributed by atoms with Crippen molar-refractivity contribution >= 4 is 12.2 Å². The molecule has 0 radical (unpaired) electrons. The summed E-state index contributed by atoms with van der Waals surface area (Å²) in [5.74, 6) is 1.45. The molecule has 3 unspecified atom stereocenters.